The maximum atomic E-state index is 12.5. The second-order valence-corrected chi connectivity index (χ2v) is 6.54. The molecule has 0 aliphatic heterocycles. The Hall–Kier alpha value is -1.88. The van der Waals surface area contributed by atoms with Crippen molar-refractivity contribution >= 4 is 17.5 Å². The van der Waals surface area contributed by atoms with Crippen molar-refractivity contribution in [1.29, 1.82) is 0 Å². The van der Waals surface area contributed by atoms with E-state index in [9.17, 15) is 9.59 Å². The Kier molecular flexibility index (Phi) is 5.77. The Morgan fingerprint density at radius 3 is 2.52 bits per heavy atom. The number of anilines is 1. The third-order valence-corrected chi connectivity index (χ3v) is 4.78. The first-order chi connectivity index (χ1) is 10.9. The number of likely N-dealkylation sites (N-methyl/N-ethyl adjacent to an activating group) is 1. The number of nitrogens with zero attached hydrogens (tertiary/aromatic N) is 1. The topological polar surface area (TPSA) is 75.4 Å². The molecule has 0 spiro atoms. The van der Waals surface area contributed by atoms with Gasteiger partial charge in [0.05, 0.1) is 6.54 Å². The number of amides is 2. The molecule has 0 bridgehead atoms. The van der Waals surface area contributed by atoms with E-state index in [2.05, 4.69) is 5.32 Å². The summed E-state index contributed by atoms with van der Waals surface area (Å²) in [7, 11) is 1.69. The van der Waals surface area contributed by atoms with Gasteiger partial charge in [-0.1, -0.05) is 24.6 Å². The Morgan fingerprint density at radius 1 is 1.26 bits per heavy atom. The number of rotatable bonds is 5. The van der Waals surface area contributed by atoms with E-state index in [1.165, 1.54) is 4.90 Å². The van der Waals surface area contributed by atoms with Gasteiger partial charge in [-0.25, -0.2) is 0 Å². The molecule has 1 saturated carbocycles. The van der Waals surface area contributed by atoms with Crippen LogP contribution < -0.4 is 11.1 Å². The number of nitrogens with two attached hydrogens (primary N) is 1. The standard InChI is InChI=1S/C18H27N3O2/c1-12-6-4-7-13(2)17(12)20-16(22)11-21(3)18(23)15-9-5-8-14(15)10-19/h4,6-7,14-15H,5,8-11,19H2,1-3H3,(H,20,22)/t14-,15-/m1/s1. The Bertz CT molecular complexity index is 565. The number of carbonyl (C=O) groups excluding carboxylic acids is 2. The average Bonchev–Trinajstić information content (AvgIpc) is 2.98. The van der Waals surface area contributed by atoms with E-state index >= 15 is 0 Å². The highest BCUT2D eigenvalue weighted by Crippen LogP contribution is 2.32. The molecule has 2 rings (SSSR count). The second-order valence-electron chi connectivity index (χ2n) is 6.54. The van der Waals surface area contributed by atoms with Gasteiger partial charge in [-0.15, -0.1) is 0 Å². The van der Waals surface area contributed by atoms with Gasteiger partial charge < -0.3 is 16.0 Å². The molecule has 1 aromatic rings. The first-order valence-electron chi connectivity index (χ1n) is 8.25. The van der Waals surface area contributed by atoms with Crippen molar-refractivity contribution in [2.24, 2.45) is 17.6 Å². The van der Waals surface area contributed by atoms with Crippen LogP contribution in [0.5, 0.6) is 0 Å². The lowest BCUT2D eigenvalue weighted by Crippen LogP contribution is -2.40. The van der Waals surface area contributed by atoms with Crippen LogP contribution >= 0.6 is 0 Å². The summed E-state index contributed by atoms with van der Waals surface area (Å²) in [5.41, 5.74) is 8.62. The average molecular weight is 317 g/mol. The van der Waals surface area contributed by atoms with Gasteiger partial charge in [0.2, 0.25) is 11.8 Å². The summed E-state index contributed by atoms with van der Waals surface area (Å²) >= 11 is 0. The lowest BCUT2D eigenvalue weighted by atomic mass is 9.95. The van der Waals surface area contributed by atoms with Crippen LogP contribution in [0.2, 0.25) is 0 Å². The maximum Gasteiger partial charge on any atom is 0.243 e. The van der Waals surface area contributed by atoms with Crippen LogP contribution in [0.1, 0.15) is 30.4 Å². The number of benzene rings is 1. The van der Waals surface area contributed by atoms with Crippen molar-refractivity contribution in [3.8, 4) is 0 Å². The highest BCUT2D eigenvalue weighted by atomic mass is 16.2. The molecule has 0 unspecified atom stereocenters. The number of hydrogen-bond acceptors (Lipinski definition) is 3. The van der Waals surface area contributed by atoms with E-state index in [4.69, 9.17) is 5.73 Å². The number of carbonyl (C=O) groups is 2. The van der Waals surface area contributed by atoms with Gasteiger partial charge in [0.25, 0.3) is 0 Å². The van der Waals surface area contributed by atoms with E-state index in [1.807, 2.05) is 32.0 Å². The zero-order valence-corrected chi connectivity index (χ0v) is 14.3. The summed E-state index contributed by atoms with van der Waals surface area (Å²) in [6.45, 7) is 4.53. The van der Waals surface area contributed by atoms with Crippen LogP contribution in [0.3, 0.4) is 0 Å². The SMILES string of the molecule is Cc1cccc(C)c1NC(=O)CN(C)C(=O)[C@@H]1CCC[C@@H]1CN. The molecule has 2 atom stereocenters. The van der Waals surface area contributed by atoms with Crippen molar-refractivity contribution in [2.75, 3.05) is 25.5 Å². The van der Waals surface area contributed by atoms with Crippen molar-refractivity contribution in [1.82, 2.24) is 4.90 Å². The van der Waals surface area contributed by atoms with E-state index in [1.54, 1.807) is 7.05 Å². The zero-order valence-electron chi connectivity index (χ0n) is 14.3. The van der Waals surface area contributed by atoms with E-state index in [-0.39, 0.29) is 30.2 Å². The fraction of sp³-hybridized carbons (Fsp3) is 0.556. The first-order valence-corrected chi connectivity index (χ1v) is 8.25. The quantitative estimate of drug-likeness (QED) is 0.873. The van der Waals surface area contributed by atoms with Crippen molar-refractivity contribution in [2.45, 2.75) is 33.1 Å². The molecule has 3 N–H and O–H groups in total. The van der Waals surface area contributed by atoms with E-state index in [0.29, 0.717) is 6.54 Å². The highest BCUT2D eigenvalue weighted by molar-refractivity contribution is 5.96. The highest BCUT2D eigenvalue weighted by Gasteiger charge is 2.34. The lowest BCUT2D eigenvalue weighted by molar-refractivity contribution is -0.137. The molecule has 1 aliphatic carbocycles. The fourth-order valence-electron chi connectivity index (χ4n) is 3.41. The Balaban J connectivity index is 1.96. The van der Waals surface area contributed by atoms with E-state index < -0.39 is 0 Å². The molecule has 1 aliphatic rings. The van der Waals surface area contributed by atoms with Crippen LogP contribution in [0.25, 0.3) is 0 Å². The maximum absolute atomic E-state index is 12.5. The number of para-hydroxylation sites is 1. The summed E-state index contributed by atoms with van der Waals surface area (Å²) in [5, 5.41) is 2.92. The largest absolute Gasteiger partial charge is 0.336 e. The predicted octanol–water partition coefficient (Wildman–Crippen LogP) is 2.08. The minimum atomic E-state index is -0.166. The number of nitrogens with one attached hydrogen (secondary N) is 1. The van der Waals surface area contributed by atoms with Gasteiger partial charge in [0.15, 0.2) is 0 Å². The fourth-order valence-corrected chi connectivity index (χ4v) is 3.41. The molecule has 1 fully saturated rings. The van der Waals surface area contributed by atoms with Crippen molar-refractivity contribution < 1.29 is 9.59 Å². The van der Waals surface area contributed by atoms with Crippen LogP contribution in [0, 0.1) is 25.7 Å². The molecule has 0 heterocycles. The van der Waals surface area contributed by atoms with Crippen LogP contribution in [0.4, 0.5) is 5.69 Å². The first kappa shape index (κ1) is 17.5. The summed E-state index contributed by atoms with van der Waals surface area (Å²) in [6.07, 6.45) is 2.93. The summed E-state index contributed by atoms with van der Waals surface area (Å²) in [6, 6.07) is 5.88. The van der Waals surface area contributed by atoms with Crippen molar-refractivity contribution in [3.05, 3.63) is 29.3 Å². The van der Waals surface area contributed by atoms with Crippen LogP contribution in [0.15, 0.2) is 18.2 Å². The lowest BCUT2D eigenvalue weighted by Gasteiger charge is -2.24. The monoisotopic (exact) mass is 317 g/mol. The molecule has 0 radical (unpaired) electrons. The third-order valence-electron chi connectivity index (χ3n) is 4.78. The molecule has 5 nitrogen and oxygen atoms in total. The van der Waals surface area contributed by atoms with Gasteiger partial charge in [0.1, 0.15) is 0 Å². The van der Waals surface area contributed by atoms with Gasteiger partial charge in [-0.05, 0) is 50.3 Å². The molecular weight excluding hydrogens is 290 g/mol. The van der Waals surface area contributed by atoms with Crippen LogP contribution in [-0.2, 0) is 9.59 Å². The van der Waals surface area contributed by atoms with E-state index in [0.717, 1.165) is 36.1 Å². The number of aryl methyl sites for hydroxylation is 2. The molecule has 0 saturated heterocycles. The van der Waals surface area contributed by atoms with Gasteiger partial charge in [-0.2, -0.15) is 0 Å². The Morgan fingerprint density at radius 2 is 1.91 bits per heavy atom. The zero-order chi connectivity index (χ0) is 17.0. The normalized spacial score (nSPS) is 20.3. The molecule has 0 aromatic heterocycles. The molecule has 1 aromatic carbocycles. The summed E-state index contributed by atoms with van der Waals surface area (Å²) in [5.74, 6) is 0.0970. The second kappa shape index (κ2) is 7.59. The molecule has 126 valence electrons. The van der Waals surface area contributed by atoms with Crippen LogP contribution in [-0.4, -0.2) is 36.9 Å². The number of hydrogen-bond donors (Lipinski definition) is 2. The molecule has 23 heavy (non-hydrogen) atoms. The molecular formula is C18H27N3O2. The molecule has 5 heteroatoms. The van der Waals surface area contributed by atoms with Gasteiger partial charge in [-0.3, -0.25) is 9.59 Å². The minimum Gasteiger partial charge on any atom is -0.336 e. The van der Waals surface area contributed by atoms with Gasteiger partial charge >= 0.3 is 0 Å². The Labute approximate surface area is 138 Å². The summed E-state index contributed by atoms with van der Waals surface area (Å²) < 4.78 is 0. The van der Waals surface area contributed by atoms with Crippen molar-refractivity contribution in [3.63, 3.8) is 0 Å². The molecule has 2 amide bonds. The summed E-state index contributed by atoms with van der Waals surface area (Å²) in [4.78, 5) is 26.3. The predicted molar refractivity (Wildman–Crippen MR) is 92.1 cm³/mol. The van der Waals surface area contributed by atoms with Gasteiger partial charge in [0, 0.05) is 18.7 Å². The smallest absolute Gasteiger partial charge is 0.243 e. The minimum absolute atomic E-state index is 0.0296. The third kappa shape index (κ3) is 4.10.